The van der Waals surface area contributed by atoms with Crippen LogP contribution in [0.2, 0.25) is 10.0 Å². The van der Waals surface area contributed by atoms with Crippen LogP contribution >= 0.6 is 23.2 Å². The van der Waals surface area contributed by atoms with Gasteiger partial charge in [-0.05, 0) is 48.2 Å². The van der Waals surface area contributed by atoms with Crippen LogP contribution in [-0.2, 0) is 6.54 Å². The number of imidazole rings is 1. The molecule has 0 saturated heterocycles. The molecule has 0 bridgehead atoms. The third-order valence-electron chi connectivity index (χ3n) is 7.75. The second-order valence-corrected chi connectivity index (χ2v) is 12.0. The summed E-state index contributed by atoms with van der Waals surface area (Å²) in [5.74, 6) is 0.796. The van der Waals surface area contributed by atoms with Crippen LogP contribution in [0.4, 0.5) is 5.82 Å². The fraction of sp³-hybridized carbons (Fsp3) is 0.182. The van der Waals surface area contributed by atoms with Gasteiger partial charge in [-0.25, -0.2) is 9.67 Å². The average molecular weight is 596 g/mol. The quantitative estimate of drug-likeness (QED) is 0.203. The number of halogens is 2. The van der Waals surface area contributed by atoms with Crippen LogP contribution in [0.1, 0.15) is 47.1 Å². The molecule has 210 valence electrons. The molecule has 1 aliphatic rings. The summed E-state index contributed by atoms with van der Waals surface area (Å²) in [6.07, 6.45) is 3.63. The summed E-state index contributed by atoms with van der Waals surface area (Å²) in [6.45, 7) is 6.89. The number of carbonyl (C=O) groups excluding carboxylic acids is 1. The summed E-state index contributed by atoms with van der Waals surface area (Å²) in [5, 5.41) is 9.85. The summed E-state index contributed by atoms with van der Waals surface area (Å²) in [5.41, 5.74) is 7.56. The predicted octanol–water partition coefficient (Wildman–Crippen LogP) is 8.37. The number of anilines is 1. The maximum Gasteiger partial charge on any atom is 0.273 e. The van der Waals surface area contributed by atoms with E-state index in [2.05, 4.69) is 33.8 Å². The van der Waals surface area contributed by atoms with E-state index in [1.807, 2.05) is 84.7 Å². The molecule has 1 amide bonds. The molecule has 0 aliphatic carbocycles. The first kappa shape index (κ1) is 26.6. The van der Waals surface area contributed by atoms with Gasteiger partial charge in [0.2, 0.25) is 0 Å². The van der Waals surface area contributed by atoms with Crippen LogP contribution in [0.5, 0.6) is 0 Å². The standard InChI is InChI=1S/C33H28Cl2N6O/c1-18(2)16-41-32(19(3)15-37-41)39-33(42)29-27-26-24(13-23(35)14-25(26)38-29)30(21-9-11-22(34)12-10-21)40-17-36-28(31(27)40)20-7-5-4-6-8-20/h4-15,17-18,30,38H,16H2,1-3H3,(H,39,42)/t30-/m1/s1. The highest BCUT2D eigenvalue weighted by molar-refractivity contribution is 6.32. The largest absolute Gasteiger partial charge is 0.350 e. The molecular weight excluding hydrogens is 567 g/mol. The molecular formula is C33H28Cl2N6O. The molecule has 1 atom stereocenters. The summed E-state index contributed by atoms with van der Waals surface area (Å²) < 4.78 is 3.99. The Kier molecular flexibility index (Phi) is 6.44. The molecule has 4 heterocycles. The third-order valence-corrected chi connectivity index (χ3v) is 8.22. The van der Waals surface area contributed by atoms with Gasteiger partial charge in [0.1, 0.15) is 11.5 Å². The molecule has 0 spiro atoms. The number of benzene rings is 3. The molecule has 7 nitrogen and oxygen atoms in total. The van der Waals surface area contributed by atoms with E-state index in [0.29, 0.717) is 34.0 Å². The Labute approximate surface area is 253 Å². The first-order chi connectivity index (χ1) is 20.3. The van der Waals surface area contributed by atoms with Crippen molar-refractivity contribution in [3.63, 3.8) is 0 Å². The van der Waals surface area contributed by atoms with Gasteiger partial charge in [-0.15, -0.1) is 0 Å². The monoisotopic (exact) mass is 594 g/mol. The van der Waals surface area contributed by atoms with E-state index in [9.17, 15) is 4.79 Å². The Hall–Kier alpha value is -4.33. The van der Waals surface area contributed by atoms with Gasteiger partial charge in [0.25, 0.3) is 5.91 Å². The van der Waals surface area contributed by atoms with Crippen molar-refractivity contribution in [1.82, 2.24) is 24.3 Å². The third kappa shape index (κ3) is 4.32. The van der Waals surface area contributed by atoms with Crippen LogP contribution in [0.15, 0.2) is 79.3 Å². The average Bonchev–Trinajstić information content (AvgIpc) is 3.66. The van der Waals surface area contributed by atoms with Gasteiger partial charge in [-0.2, -0.15) is 5.10 Å². The lowest BCUT2D eigenvalue weighted by Gasteiger charge is -2.28. The van der Waals surface area contributed by atoms with Crippen molar-refractivity contribution in [2.24, 2.45) is 5.92 Å². The molecule has 6 aromatic rings. The number of nitrogens with one attached hydrogen (secondary N) is 2. The van der Waals surface area contributed by atoms with E-state index >= 15 is 0 Å². The highest BCUT2D eigenvalue weighted by Crippen LogP contribution is 2.49. The number of H-pyrrole nitrogens is 1. The van der Waals surface area contributed by atoms with Gasteiger partial charge >= 0.3 is 0 Å². The van der Waals surface area contributed by atoms with Crippen molar-refractivity contribution in [1.29, 1.82) is 0 Å². The van der Waals surface area contributed by atoms with E-state index in [-0.39, 0.29) is 11.9 Å². The Balaban J connectivity index is 1.48. The van der Waals surface area contributed by atoms with Crippen molar-refractivity contribution < 1.29 is 4.79 Å². The number of hydrogen-bond donors (Lipinski definition) is 2. The first-order valence-electron chi connectivity index (χ1n) is 13.9. The minimum atomic E-state index is -0.256. The van der Waals surface area contributed by atoms with Gasteiger partial charge in [0.15, 0.2) is 0 Å². The normalized spacial score (nSPS) is 14.0. The van der Waals surface area contributed by atoms with Crippen molar-refractivity contribution in [2.45, 2.75) is 33.4 Å². The molecule has 0 fully saturated rings. The number of amides is 1. The molecule has 0 radical (unpaired) electrons. The maximum absolute atomic E-state index is 14.2. The lowest BCUT2D eigenvalue weighted by atomic mass is 9.88. The fourth-order valence-corrected chi connectivity index (χ4v) is 6.35. The molecule has 2 N–H and O–H groups in total. The summed E-state index contributed by atoms with van der Waals surface area (Å²) in [6, 6.07) is 21.5. The van der Waals surface area contributed by atoms with Gasteiger partial charge in [0.05, 0.1) is 30.0 Å². The molecule has 7 rings (SSSR count). The van der Waals surface area contributed by atoms with E-state index < -0.39 is 0 Å². The Bertz CT molecular complexity index is 1970. The number of aromatic nitrogens is 5. The molecule has 0 unspecified atom stereocenters. The SMILES string of the molecule is Cc1cnn(CC(C)C)c1NC(=O)c1[nH]c2cc(Cl)cc3c2c1-c1c(-c2ccccc2)ncn1[C@@H]3c1ccc(Cl)cc1. The van der Waals surface area contributed by atoms with E-state index in [1.165, 1.54) is 0 Å². The van der Waals surface area contributed by atoms with Crippen LogP contribution in [0.25, 0.3) is 33.4 Å². The second-order valence-electron chi connectivity index (χ2n) is 11.2. The maximum atomic E-state index is 14.2. The Morgan fingerprint density at radius 1 is 1.05 bits per heavy atom. The highest BCUT2D eigenvalue weighted by atomic mass is 35.5. The van der Waals surface area contributed by atoms with Gasteiger partial charge in [0, 0.05) is 44.2 Å². The minimum absolute atomic E-state index is 0.225. The molecule has 0 saturated carbocycles. The number of aryl methyl sites for hydroxylation is 1. The lowest BCUT2D eigenvalue weighted by molar-refractivity contribution is 0.102. The van der Waals surface area contributed by atoms with Crippen molar-refractivity contribution in [3.8, 4) is 22.5 Å². The van der Waals surface area contributed by atoms with Gasteiger partial charge in [-0.3, -0.25) is 4.79 Å². The number of carbonyl (C=O) groups is 1. The molecule has 3 aromatic heterocycles. The first-order valence-corrected chi connectivity index (χ1v) is 14.6. The van der Waals surface area contributed by atoms with Crippen LogP contribution < -0.4 is 5.32 Å². The fourth-order valence-electron chi connectivity index (χ4n) is 5.99. The van der Waals surface area contributed by atoms with Gasteiger partial charge < -0.3 is 14.9 Å². The topological polar surface area (TPSA) is 80.5 Å². The number of nitrogens with zero attached hydrogens (tertiary/aromatic N) is 4. The number of hydrogen-bond acceptors (Lipinski definition) is 3. The smallest absolute Gasteiger partial charge is 0.273 e. The summed E-state index contributed by atoms with van der Waals surface area (Å²) in [7, 11) is 0. The molecule has 42 heavy (non-hydrogen) atoms. The summed E-state index contributed by atoms with van der Waals surface area (Å²) >= 11 is 13.0. The van der Waals surface area contributed by atoms with Crippen LogP contribution in [0, 0.1) is 12.8 Å². The number of fused-ring (bicyclic) bond motifs is 2. The van der Waals surface area contributed by atoms with Crippen LogP contribution in [-0.4, -0.2) is 30.2 Å². The zero-order chi connectivity index (χ0) is 29.1. The van der Waals surface area contributed by atoms with Crippen molar-refractivity contribution in [2.75, 3.05) is 5.32 Å². The lowest BCUT2D eigenvalue weighted by Crippen LogP contribution is -2.21. The van der Waals surface area contributed by atoms with E-state index in [0.717, 1.165) is 50.1 Å². The predicted molar refractivity (Wildman–Crippen MR) is 168 cm³/mol. The summed E-state index contributed by atoms with van der Waals surface area (Å²) in [4.78, 5) is 22.5. The zero-order valence-electron chi connectivity index (χ0n) is 23.3. The van der Waals surface area contributed by atoms with Crippen LogP contribution in [0.3, 0.4) is 0 Å². The highest BCUT2D eigenvalue weighted by Gasteiger charge is 2.36. The Morgan fingerprint density at radius 2 is 1.81 bits per heavy atom. The van der Waals surface area contributed by atoms with E-state index in [1.54, 1.807) is 6.20 Å². The number of rotatable bonds is 6. The molecule has 3 aromatic carbocycles. The minimum Gasteiger partial charge on any atom is -0.350 e. The molecule has 1 aliphatic heterocycles. The number of aromatic amines is 1. The second kappa shape index (κ2) is 10.2. The van der Waals surface area contributed by atoms with Gasteiger partial charge in [-0.1, -0.05) is 79.5 Å². The molecule has 9 heteroatoms. The Morgan fingerprint density at radius 3 is 2.55 bits per heavy atom. The zero-order valence-corrected chi connectivity index (χ0v) is 24.8. The van der Waals surface area contributed by atoms with Crippen molar-refractivity contribution in [3.05, 3.63) is 112 Å². The van der Waals surface area contributed by atoms with Crippen molar-refractivity contribution >= 4 is 45.8 Å². The van der Waals surface area contributed by atoms with E-state index in [4.69, 9.17) is 28.2 Å².